The van der Waals surface area contributed by atoms with E-state index in [1.54, 1.807) is 0 Å². The largest absolute Gasteiger partial charge is 0.480 e. The van der Waals surface area contributed by atoms with Crippen LogP contribution in [0.1, 0.15) is 26.7 Å². The van der Waals surface area contributed by atoms with Crippen LogP contribution < -0.4 is 5.32 Å². The summed E-state index contributed by atoms with van der Waals surface area (Å²) in [6.45, 7) is 4.22. The highest BCUT2D eigenvalue weighted by Crippen LogP contribution is 1.98. The van der Waals surface area contributed by atoms with Gasteiger partial charge in [-0.3, -0.25) is 9.59 Å². The first-order chi connectivity index (χ1) is 9.73. The molecule has 0 radical (unpaired) electrons. The van der Waals surface area contributed by atoms with Crippen molar-refractivity contribution in [3.8, 4) is 0 Å². The van der Waals surface area contributed by atoms with Gasteiger partial charge in [0.15, 0.2) is 0 Å². The first-order valence-electron chi connectivity index (χ1n) is 6.90. The second-order valence-corrected chi connectivity index (χ2v) is 5.16. The zero-order chi connectivity index (χ0) is 16.4. The minimum Gasteiger partial charge on any atom is -0.480 e. The molecule has 2 amide bonds. The number of aliphatic carboxylic acids is 2. The minimum atomic E-state index is -1.25. The molecule has 0 aliphatic rings. The maximum atomic E-state index is 11.7. The van der Waals surface area contributed by atoms with Gasteiger partial charge >= 0.3 is 18.0 Å². The molecule has 0 heterocycles. The van der Waals surface area contributed by atoms with E-state index < -0.39 is 31.1 Å². The Bertz CT molecular complexity index is 344. The first kappa shape index (κ1) is 19.2. The Morgan fingerprint density at radius 1 is 1.05 bits per heavy atom. The summed E-state index contributed by atoms with van der Waals surface area (Å²) in [7, 11) is 2.02. The number of carbonyl (C=O) groups is 3. The number of unbranched alkanes of at least 4 members (excludes halogenated alkanes) is 1. The summed E-state index contributed by atoms with van der Waals surface area (Å²) >= 11 is 0. The van der Waals surface area contributed by atoms with Crippen molar-refractivity contribution in [1.82, 2.24) is 15.1 Å². The van der Waals surface area contributed by atoms with Crippen LogP contribution in [0, 0.1) is 0 Å². The van der Waals surface area contributed by atoms with Crippen LogP contribution in [0.3, 0.4) is 0 Å². The van der Waals surface area contributed by atoms with E-state index in [9.17, 15) is 14.4 Å². The zero-order valence-corrected chi connectivity index (χ0v) is 12.8. The van der Waals surface area contributed by atoms with Gasteiger partial charge in [0.25, 0.3) is 0 Å². The van der Waals surface area contributed by atoms with Crippen LogP contribution in [-0.4, -0.2) is 77.3 Å². The lowest BCUT2D eigenvalue weighted by atomic mass is 10.2. The van der Waals surface area contributed by atoms with Gasteiger partial charge < -0.3 is 25.3 Å². The summed E-state index contributed by atoms with van der Waals surface area (Å²) in [4.78, 5) is 35.8. The van der Waals surface area contributed by atoms with Crippen molar-refractivity contribution in [3.05, 3.63) is 0 Å². The molecule has 0 aromatic rings. The van der Waals surface area contributed by atoms with Crippen LogP contribution in [0.2, 0.25) is 0 Å². The van der Waals surface area contributed by atoms with Gasteiger partial charge in [-0.25, -0.2) is 4.79 Å². The first-order valence-corrected chi connectivity index (χ1v) is 6.90. The fraction of sp³-hybridized carbons (Fsp3) is 0.769. The van der Waals surface area contributed by atoms with E-state index in [0.29, 0.717) is 12.6 Å². The molecule has 0 spiro atoms. The molecule has 21 heavy (non-hydrogen) atoms. The van der Waals surface area contributed by atoms with Crippen LogP contribution in [0.5, 0.6) is 0 Å². The number of hydrogen-bond acceptors (Lipinski definition) is 4. The predicted octanol–water partition coefficient (Wildman–Crippen LogP) is 0.288. The number of urea groups is 1. The lowest BCUT2D eigenvalue weighted by molar-refractivity contribution is -0.140. The standard InChI is InChI=1S/C13H25N3O5/c1-10(2)15(3)7-5-4-6-14-13(21)16(8-11(17)18)9-12(19)20/h10H,4-9H2,1-3H3,(H,14,21)(H,17,18)(H,19,20). The van der Waals surface area contributed by atoms with E-state index in [1.165, 1.54) is 0 Å². The van der Waals surface area contributed by atoms with Crippen molar-refractivity contribution in [1.29, 1.82) is 0 Å². The molecule has 0 aromatic carbocycles. The van der Waals surface area contributed by atoms with Crippen molar-refractivity contribution >= 4 is 18.0 Å². The molecule has 8 heteroatoms. The smallest absolute Gasteiger partial charge is 0.323 e. The normalized spacial score (nSPS) is 10.7. The highest BCUT2D eigenvalue weighted by molar-refractivity contribution is 5.84. The van der Waals surface area contributed by atoms with Crippen LogP contribution >= 0.6 is 0 Å². The van der Waals surface area contributed by atoms with Gasteiger partial charge in [0.1, 0.15) is 13.1 Å². The molecule has 0 saturated carbocycles. The predicted molar refractivity (Wildman–Crippen MR) is 77.2 cm³/mol. The average Bonchev–Trinajstić information content (AvgIpc) is 2.35. The van der Waals surface area contributed by atoms with Crippen molar-refractivity contribution in [2.24, 2.45) is 0 Å². The van der Waals surface area contributed by atoms with Crippen molar-refractivity contribution in [2.75, 3.05) is 33.2 Å². The molecule has 0 aliphatic heterocycles. The number of carboxylic acid groups (broad SMARTS) is 2. The summed E-state index contributed by atoms with van der Waals surface area (Å²) in [5, 5.41) is 19.8. The molecule has 0 saturated heterocycles. The third kappa shape index (κ3) is 9.67. The van der Waals surface area contributed by atoms with Gasteiger partial charge in [-0.05, 0) is 40.3 Å². The lowest BCUT2D eigenvalue weighted by Crippen LogP contribution is -2.45. The SMILES string of the molecule is CC(C)N(C)CCCCNC(=O)N(CC(=O)O)CC(=O)O. The summed E-state index contributed by atoms with van der Waals surface area (Å²) in [5.41, 5.74) is 0. The molecule has 0 aliphatic carbocycles. The fourth-order valence-corrected chi connectivity index (χ4v) is 1.58. The number of carbonyl (C=O) groups excluding carboxylic acids is 1. The number of nitrogens with zero attached hydrogens (tertiary/aromatic N) is 2. The summed E-state index contributed by atoms with van der Waals surface area (Å²) in [6.07, 6.45) is 1.64. The maximum Gasteiger partial charge on any atom is 0.323 e. The average molecular weight is 303 g/mol. The number of carboxylic acids is 2. The molecule has 0 fully saturated rings. The van der Waals surface area contributed by atoms with Crippen molar-refractivity contribution in [3.63, 3.8) is 0 Å². The van der Waals surface area contributed by atoms with Gasteiger partial charge in [0.05, 0.1) is 0 Å². The third-order valence-corrected chi connectivity index (χ3v) is 3.03. The summed E-state index contributed by atoms with van der Waals surface area (Å²) in [6, 6.07) is -0.210. The molecule has 0 rings (SSSR count). The molecular weight excluding hydrogens is 278 g/mol. The molecule has 8 nitrogen and oxygen atoms in total. The summed E-state index contributed by atoms with van der Waals surface area (Å²) < 4.78 is 0. The number of rotatable bonds is 10. The topological polar surface area (TPSA) is 110 Å². The Morgan fingerprint density at radius 2 is 1.57 bits per heavy atom. The van der Waals surface area contributed by atoms with Crippen LogP contribution in [0.4, 0.5) is 4.79 Å². The van der Waals surface area contributed by atoms with Crippen molar-refractivity contribution < 1.29 is 24.6 Å². The highest BCUT2D eigenvalue weighted by atomic mass is 16.4. The second-order valence-electron chi connectivity index (χ2n) is 5.16. The fourth-order valence-electron chi connectivity index (χ4n) is 1.58. The number of hydrogen-bond donors (Lipinski definition) is 3. The van der Waals surface area contributed by atoms with Gasteiger partial charge in [0, 0.05) is 12.6 Å². The Balaban J connectivity index is 4.02. The van der Waals surface area contributed by atoms with E-state index in [-0.39, 0.29) is 0 Å². The van der Waals surface area contributed by atoms with Crippen molar-refractivity contribution in [2.45, 2.75) is 32.7 Å². The number of nitrogens with one attached hydrogen (secondary N) is 1. The van der Waals surface area contributed by atoms with Crippen LogP contribution in [-0.2, 0) is 9.59 Å². The van der Waals surface area contributed by atoms with Gasteiger partial charge in [-0.15, -0.1) is 0 Å². The molecule has 0 unspecified atom stereocenters. The van der Waals surface area contributed by atoms with E-state index in [2.05, 4.69) is 24.1 Å². The monoisotopic (exact) mass is 303 g/mol. The van der Waals surface area contributed by atoms with Gasteiger partial charge in [-0.2, -0.15) is 0 Å². The van der Waals surface area contributed by atoms with E-state index >= 15 is 0 Å². The Morgan fingerprint density at radius 3 is 2.00 bits per heavy atom. The zero-order valence-electron chi connectivity index (χ0n) is 12.8. The maximum absolute atomic E-state index is 11.7. The summed E-state index contributed by atoms with van der Waals surface area (Å²) in [5.74, 6) is -2.49. The molecule has 3 N–H and O–H groups in total. The molecular formula is C13H25N3O5. The molecule has 0 atom stereocenters. The lowest BCUT2D eigenvalue weighted by Gasteiger charge is -2.21. The highest BCUT2D eigenvalue weighted by Gasteiger charge is 2.18. The quantitative estimate of drug-likeness (QED) is 0.500. The van der Waals surface area contributed by atoms with E-state index in [1.807, 2.05) is 7.05 Å². The Labute approximate surface area is 124 Å². The minimum absolute atomic E-state index is 0.389. The Kier molecular flexibility index (Phi) is 9.11. The van der Waals surface area contributed by atoms with Crippen LogP contribution in [0.25, 0.3) is 0 Å². The number of amides is 2. The Hall–Kier alpha value is -1.83. The second kappa shape index (κ2) is 9.98. The van der Waals surface area contributed by atoms with Gasteiger partial charge in [-0.1, -0.05) is 0 Å². The molecule has 0 aromatic heterocycles. The third-order valence-electron chi connectivity index (χ3n) is 3.03. The molecule has 122 valence electrons. The van der Waals surface area contributed by atoms with E-state index in [4.69, 9.17) is 10.2 Å². The molecule has 0 bridgehead atoms. The van der Waals surface area contributed by atoms with E-state index in [0.717, 1.165) is 24.3 Å². The van der Waals surface area contributed by atoms with Crippen LogP contribution in [0.15, 0.2) is 0 Å². The van der Waals surface area contributed by atoms with Gasteiger partial charge in [0.2, 0.25) is 0 Å².